The first kappa shape index (κ1) is 15.5. The van der Waals surface area contributed by atoms with Crippen molar-refractivity contribution in [3.05, 3.63) is 41.8 Å². The first-order chi connectivity index (χ1) is 10.7. The minimum atomic E-state index is -3.43. The molecule has 1 atom stereocenters. The van der Waals surface area contributed by atoms with Crippen LogP contribution >= 0.6 is 11.3 Å². The highest BCUT2D eigenvalue weighted by molar-refractivity contribution is 7.91. The lowest BCUT2D eigenvalue weighted by Crippen LogP contribution is -2.36. The van der Waals surface area contributed by atoms with Gasteiger partial charge in [0.2, 0.25) is 0 Å². The molecular formula is C14H17N3O3S2. The maximum Gasteiger partial charge on any atom is 0.252 e. The third-order valence-electron chi connectivity index (χ3n) is 3.53. The van der Waals surface area contributed by atoms with Crippen LogP contribution in [0.4, 0.5) is 0 Å². The number of sulfonamides is 1. The molecule has 6 nitrogen and oxygen atoms in total. The van der Waals surface area contributed by atoms with Gasteiger partial charge in [-0.05, 0) is 23.9 Å². The molecule has 22 heavy (non-hydrogen) atoms. The Labute approximate surface area is 133 Å². The highest BCUT2D eigenvalue weighted by Crippen LogP contribution is 2.23. The van der Waals surface area contributed by atoms with Gasteiger partial charge in [0.15, 0.2) is 0 Å². The van der Waals surface area contributed by atoms with E-state index in [4.69, 9.17) is 4.74 Å². The minimum Gasteiger partial charge on any atom is -0.380 e. The molecule has 1 aliphatic rings. The topological polar surface area (TPSA) is 72.4 Å². The predicted octanol–water partition coefficient (Wildman–Crippen LogP) is 1.42. The van der Waals surface area contributed by atoms with E-state index >= 15 is 0 Å². The molecule has 0 radical (unpaired) electrons. The Balaban J connectivity index is 1.76. The number of thiophene rings is 1. The number of ether oxygens (including phenoxy) is 1. The fourth-order valence-corrected chi connectivity index (χ4v) is 5.11. The molecule has 118 valence electrons. The van der Waals surface area contributed by atoms with Crippen molar-refractivity contribution in [2.24, 2.45) is 5.92 Å². The number of hydrogen-bond acceptors (Lipinski definition) is 6. The van der Waals surface area contributed by atoms with Crippen molar-refractivity contribution in [2.45, 2.75) is 10.6 Å². The van der Waals surface area contributed by atoms with Gasteiger partial charge in [-0.25, -0.2) is 18.4 Å². The van der Waals surface area contributed by atoms with Crippen LogP contribution in [-0.2, 0) is 21.2 Å². The molecule has 0 bridgehead atoms. The zero-order chi connectivity index (χ0) is 15.4. The maximum absolute atomic E-state index is 12.7. The van der Waals surface area contributed by atoms with Crippen molar-refractivity contribution in [1.82, 2.24) is 14.3 Å². The van der Waals surface area contributed by atoms with E-state index in [1.54, 1.807) is 23.7 Å². The molecule has 1 unspecified atom stereocenters. The van der Waals surface area contributed by atoms with Crippen LogP contribution in [0.5, 0.6) is 0 Å². The van der Waals surface area contributed by atoms with Crippen molar-refractivity contribution >= 4 is 21.4 Å². The Morgan fingerprint density at radius 2 is 2.32 bits per heavy atom. The van der Waals surface area contributed by atoms with Crippen LogP contribution in [0.3, 0.4) is 0 Å². The molecule has 0 aliphatic carbocycles. The monoisotopic (exact) mass is 339 g/mol. The number of hydrogen-bond donors (Lipinski definition) is 0. The van der Waals surface area contributed by atoms with Crippen LogP contribution in [0.25, 0.3) is 0 Å². The first-order valence-electron chi connectivity index (χ1n) is 7.02. The van der Waals surface area contributed by atoms with Crippen LogP contribution in [-0.4, -0.2) is 49.0 Å². The smallest absolute Gasteiger partial charge is 0.252 e. The van der Waals surface area contributed by atoms with E-state index in [-0.39, 0.29) is 5.92 Å². The lowest BCUT2D eigenvalue weighted by molar-refractivity contribution is 0.122. The van der Waals surface area contributed by atoms with E-state index in [1.807, 2.05) is 6.07 Å². The second kappa shape index (κ2) is 6.82. The highest BCUT2D eigenvalue weighted by atomic mass is 32.2. The van der Waals surface area contributed by atoms with E-state index in [1.165, 1.54) is 22.0 Å². The van der Waals surface area contributed by atoms with Crippen LogP contribution in [0.15, 0.2) is 40.3 Å². The normalized spacial score (nSPS) is 20.6. The Morgan fingerprint density at radius 1 is 1.41 bits per heavy atom. The number of rotatable bonds is 4. The average molecular weight is 339 g/mol. The molecular weight excluding hydrogens is 322 g/mol. The Bertz CT molecular complexity index is 689. The fraction of sp³-hybridized carbons (Fsp3) is 0.429. The largest absolute Gasteiger partial charge is 0.380 e. The van der Waals surface area contributed by atoms with Gasteiger partial charge in [0.05, 0.1) is 13.2 Å². The van der Waals surface area contributed by atoms with Crippen molar-refractivity contribution in [3.63, 3.8) is 0 Å². The summed E-state index contributed by atoms with van der Waals surface area (Å²) in [6.45, 7) is 1.80. The predicted molar refractivity (Wildman–Crippen MR) is 83.1 cm³/mol. The van der Waals surface area contributed by atoms with E-state index in [2.05, 4.69) is 9.97 Å². The summed E-state index contributed by atoms with van der Waals surface area (Å²) in [6.07, 6.45) is 3.88. The molecule has 2 aromatic heterocycles. The molecule has 3 heterocycles. The van der Waals surface area contributed by atoms with Crippen molar-refractivity contribution in [3.8, 4) is 0 Å². The molecule has 0 amide bonds. The summed E-state index contributed by atoms with van der Waals surface area (Å²) in [5.41, 5.74) is 0.902. The zero-order valence-corrected chi connectivity index (χ0v) is 13.6. The summed E-state index contributed by atoms with van der Waals surface area (Å²) in [5, 5.41) is 1.78. The summed E-state index contributed by atoms with van der Waals surface area (Å²) in [7, 11) is -3.43. The van der Waals surface area contributed by atoms with E-state index in [0.717, 1.165) is 5.69 Å². The molecule has 0 aromatic carbocycles. The van der Waals surface area contributed by atoms with Crippen LogP contribution in [0.1, 0.15) is 5.69 Å². The Hall–Kier alpha value is -1.35. The van der Waals surface area contributed by atoms with Gasteiger partial charge in [0, 0.05) is 30.9 Å². The van der Waals surface area contributed by atoms with Gasteiger partial charge in [-0.3, -0.25) is 0 Å². The molecule has 0 saturated carbocycles. The summed E-state index contributed by atoms with van der Waals surface area (Å²) in [5.74, 6) is 0.0899. The summed E-state index contributed by atoms with van der Waals surface area (Å²) < 4.78 is 32.8. The standard InChI is InChI=1S/C14H17N3O3S2/c18-22(19,14-2-1-7-21-14)17-5-6-20-10-12(9-17)8-13-3-4-15-11-16-13/h1-4,7,11-12H,5-6,8-10H2. The lowest BCUT2D eigenvalue weighted by Gasteiger charge is -2.22. The van der Waals surface area contributed by atoms with Crippen molar-refractivity contribution < 1.29 is 13.2 Å². The maximum atomic E-state index is 12.7. The fourth-order valence-electron chi connectivity index (χ4n) is 2.46. The summed E-state index contributed by atoms with van der Waals surface area (Å²) in [6, 6.07) is 5.25. The van der Waals surface area contributed by atoms with Crippen molar-refractivity contribution in [1.29, 1.82) is 0 Å². The summed E-state index contributed by atoms with van der Waals surface area (Å²) >= 11 is 1.24. The molecule has 1 fully saturated rings. The molecule has 0 N–H and O–H groups in total. The average Bonchev–Trinajstić information content (AvgIpc) is 2.96. The number of aromatic nitrogens is 2. The van der Waals surface area contributed by atoms with Gasteiger partial charge in [-0.2, -0.15) is 4.31 Å². The van der Waals surface area contributed by atoms with Gasteiger partial charge >= 0.3 is 0 Å². The van der Waals surface area contributed by atoms with Gasteiger partial charge in [0.25, 0.3) is 10.0 Å². The van der Waals surface area contributed by atoms with Gasteiger partial charge in [-0.15, -0.1) is 11.3 Å². The van der Waals surface area contributed by atoms with E-state index < -0.39 is 10.0 Å². The Kier molecular flexibility index (Phi) is 4.82. The van der Waals surface area contributed by atoms with Crippen LogP contribution < -0.4 is 0 Å². The summed E-state index contributed by atoms with van der Waals surface area (Å²) in [4.78, 5) is 8.11. The van der Waals surface area contributed by atoms with Gasteiger partial charge in [0.1, 0.15) is 10.5 Å². The third-order valence-corrected chi connectivity index (χ3v) is 6.77. The number of nitrogens with zero attached hydrogens (tertiary/aromatic N) is 3. The van der Waals surface area contributed by atoms with E-state index in [9.17, 15) is 8.42 Å². The minimum absolute atomic E-state index is 0.0899. The SMILES string of the molecule is O=S(=O)(c1cccs1)N1CCOCC(Cc2ccncn2)C1. The zero-order valence-electron chi connectivity index (χ0n) is 12.0. The molecule has 0 spiro atoms. The van der Waals surface area contributed by atoms with Gasteiger partial charge in [-0.1, -0.05) is 6.07 Å². The second-order valence-electron chi connectivity index (χ2n) is 5.14. The quantitative estimate of drug-likeness (QED) is 0.842. The van der Waals surface area contributed by atoms with Crippen LogP contribution in [0, 0.1) is 5.92 Å². The second-order valence-corrected chi connectivity index (χ2v) is 8.25. The van der Waals surface area contributed by atoms with Gasteiger partial charge < -0.3 is 4.74 Å². The molecule has 1 saturated heterocycles. The molecule has 3 rings (SSSR count). The van der Waals surface area contributed by atoms with Crippen molar-refractivity contribution in [2.75, 3.05) is 26.3 Å². The molecule has 8 heteroatoms. The molecule has 2 aromatic rings. The lowest BCUT2D eigenvalue weighted by atomic mass is 10.0. The molecule has 1 aliphatic heterocycles. The third kappa shape index (κ3) is 3.52. The van der Waals surface area contributed by atoms with E-state index in [0.29, 0.717) is 36.9 Å². The first-order valence-corrected chi connectivity index (χ1v) is 9.34. The Morgan fingerprint density at radius 3 is 3.05 bits per heavy atom. The van der Waals surface area contributed by atoms with Crippen LogP contribution in [0.2, 0.25) is 0 Å². The highest BCUT2D eigenvalue weighted by Gasteiger charge is 2.30.